The van der Waals surface area contributed by atoms with Crippen LogP contribution in [0.3, 0.4) is 0 Å². The summed E-state index contributed by atoms with van der Waals surface area (Å²) in [6, 6.07) is 12.3. The van der Waals surface area contributed by atoms with Crippen LogP contribution in [0.4, 0.5) is 17.1 Å². The maximum atomic E-state index is 8.76. The Morgan fingerprint density at radius 1 is 1.11 bits per heavy atom. The lowest BCUT2D eigenvalue weighted by Crippen LogP contribution is -1.97. The zero-order valence-corrected chi connectivity index (χ0v) is 10.8. The molecule has 0 aromatic heterocycles. The highest BCUT2D eigenvalue weighted by atomic mass is 35.5. The van der Waals surface area contributed by atoms with Crippen LogP contribution in [0.15, 0.2) is 36.4 Å². The van der Waals surface area contributed by atoms with Gasteiger partial charge in [-0.15, -0.1) is 0 Å². The molecule has 2 rings (SSSR count). The van der Waals surface area contributed by atoms with Crippen molar-refractivity contribution >= 4 is 40.3 Å². The highest BCUT2D eigenvalue weighted by Crippen LogP contribution is 2.33. The molecule has 3 N–H and O–H groups in total. The largest absolute Gasteiger partial charge is 0.397 e. The van der Waals surface area contributed by atoms with Crippen molar-refractivity contribution in [3.63, 3.8) is 0 Å². The number of nitrogens with zero attached hydrogens (tertiary/aromatic N) is 1. The van der Waals surface area contributed by atoms with Crippen molar-refractivity contribution in [2.45, 2.75) is 0 Å². The predicted octanol–water partition coefficient (Wildman–Crippen LogP) is 4.19. The zero-order valence-electron chi connectivity index (χ0n) is 9.24. The number of nitrogens with one attached hydrogen (secondary N) is 1. The number of hydrogen-bond donors (Lipinski definition) is 2. The molecule has 0 spiro atoms. The Morgan fingerprint density at radius 2 is 1.89 bits per heavy atom. The van der Waals surface area contributed by atoms with Crippen LogP contribution in [-0.4, -0.2) is 0 Å². The summed E-state index contributed by atoms with van der Waals surface area (Å²) in [4.78, 5) is 0. The summed E-state index contributed by atoms with van der Waals surface area (Å²) >= 11 is 12.0. The van der Waals surface area contributed by atoms with E-state index >= 15 is 0 Å². The van der Waals surface area contributed by atoms with E-state index in [0.717, 1.165) is 0 Å². The van der Waals surface area contributed by atoms with Gasteiger partial charge >= 0.3 is 0 Å². The van der Waals surface area contributed by atoms with E-state index in [1.165, 1.54) is 0 Å². The molecule has 5 heteroatoms. The molecule has 2 aromatic rings. The molecular weight excluding hydrogens is 269 g/mol. The lowest BCUT2D eigenvalue weighted by Gasteiger charge is -2.11. The number of nitrogens with two attached hydrogens (primary N) is 1. The molecule has 0 saturated carbocycles. The Kier molecular flexibility index (Phi) is 3.61. The SMILES string of the molecule is N#Cc1ccc(Nc2cccc(Cl)c2Cl)c(N)c1. The molecule has 3 nitrogen and oxygen atoms in total. The molecule has 0 amide bonds. The molecule has 0 aliphatic heterocycles. The van der Waals surface area contributed by atoms with Crippen molar-refractivity contribution in [2.24, 2.45) is 0 Å². The molecule has 0 unspecified atom stereocenters. The van der Waals surface area contributed by atoms with E-state index in [2.05, 4.69) is 5.32 Å². The lowest BCUT2D eigenvalue weighted by atomic mass is 10.2. The van der Waals surface area contributed by atoms with Crippen molar-refractivity contribution in [1.82, 2.24) is 0 Å². The first kappa shape index (κ1) is 12.6. The number of hydrogen-bond acceptors (Lipinski definition) is 3. The van der Waals surface area contributed by atoms with Gasteiger partial charge in [0.05, 0.1) is 38.7 Å². The molecule has 0 aliphatic rings. The van der Waals surface area contributed by atoms with Gasteiger partial charge in [-0.3, -0.25) is 0 Å². The Labute approximate surface area is 115 Å². The standard InChI is InChI=1S/C13H9Cl2N3/c14-9-2-1-3-12(13(9)15)18-11-5-4-8(7-16)6-10(11)17/h1-6,18H,17H2. The predicted molar refractivity (Wildman–Crippen MR) is 75.3 cm³/mol. The van der Waals surface area contributed by atoms with Gasteiger partial charge < -0.3 is 11.1 Å². The van der Waals surface area contributed by atoms with Gasteiger partial charge in [-0.1, -0.05) is 29.3 Å². The number of nitriles is 1. The summed E-state index contributed by atoms with van der Waals surface area (Å²) in [5.74, 6) is 0. The van der Waals surface area contributed by atoms with E-state index in [0.29, 0.717) is 32.7 Å². The third-order valence-corrected chi connectivity index (χ3v) is 3.22. The highest BCUT2D eigenvalue weighted by molar-refractivity contribution is 6.43. The fraction of sp³-hybridized carbons (Fsp3) is 0. The topological polar surface area (TPSA) is 61.8 Å². The van der Waals surface area contributed by atoms with Gasteiger partial charge in [0.1, 0.15) is 0 Å². The normalized spacial score (nSPS) is 9.83. The van der Waals surface area contributed by atoms with E-state index in [4.69, 9.17) is 34.2 Å². The van der Waals surface area contributed by atoms with Gasteiger partial charge in [0.15, 0.2) is 0 Å². The van der Waals surface area contributed by atoms with Gasteiger partial charge in [-0.05, 0) is 30.3 Å². The van der Waals surface area contributed by atoms with E-state index < -0.39 is 0 Å². The van der Waals surface area contributed by atoms with Crippen LogP contribution in [-0.2, 0) is 0 Å². The van der Waals surface area contributed by atoms with Crippen LogP contribution in [0.25, 0.3) is 0 Å². The minimum atomic E-state index is 0.433. The molecular formula is C13H9Cl2N3. The van der Waals surface area contributed by atoms with E-state index in [9.17, 15) is 0 Å². The smallest absolute Gasteiger partial charge is 0.0992 e. The van der Waals surface area contributed by atoms with Gasteiger partial charge in [-0.25, -0.2) is 0 Å². The van der Waals surface area contributed by atoms with E-state index in [-0.39, 0.29) is 0 Å². The Morgan fingerprint density at radius 3 is 2.56 bits per heavy atom. The van der Waals surface area contributed by atoms with E-state index in [1.54, 1.807) is 36.4 Å². The lowest BCUT2D eigenvalue weighted by molar-refractivity contribution is 1.47. The first-order valence-corrected chi connectivity index (χ1v) is 5.88. The quantitative estimate of drug-likeness (QED) is 0.809. The summed E-state index contributed by atoms with van der Waals surface area (Å²) in [5, 5.41) is 12.7. The van der Waals surface area contributed by atoms with Crippen LogP contribution in [0.5, 0.6) is 0 Å². The zero-order chi connectivity index (χ0) is 13.1. The molecule has 0 heterocycles. The molecule has 0 atom stereocenters. The van der Waals surface area contributed by atoms with E-state index in [1.807, 2.05) is 6.07 Å². The molecule has 0 aliphatic carbocycles. The monoisotopic (exact) mass is 277 g/mol. The second kappa shape index (κ2) is 5.18. The van der Waals surface area contributed by atoms with Gasteiger partial charge in [0.2, 0.25) is 0 Å². The number of benzene rings is 2. The van der Waals surface area contributed by atoms with Crippen LogP contribution in [0.2, 0.25) is 10.0 Å². The van der Waals surface area contributed by atoms with Crippen molar-refractivity contribution in [1.29, 1.82) is 5.26 Å². The maximum absolute atomic E-state index is 8.76. The summed E-state index contributed by atoms with van der Waals surface area (Å²) in [5.41, 5.74) is 8.18. The minimum Gasteiger partial charge on any atom is -0.397 e. The minimum absolute atomic E-state index is 0.433. The fourth-order valence-corrected chi connectivity index (χ4v) is 1.84. The van der Waals surface area contributed by atoms with Crippen LogP contribution >= 0.6 is 23.2 Å². The third-order valence-electron chi connectivity index (χ3n) is 2.40. The Balaban J connectivity index is 2.35. The van der Waals surface area contributed by atoms with Crippen molar-refractivity contribution in [3.05, 3.63) is 52.0 Å². The van der Waals surface area contributed by atoms with Crippen molar-refractivity contribution in [2.75, 3.05) is 11.1 Å². The summed E-state index contributed by atoms with van der Waals surface area (Å²) in [6.45, 7) is 0. The summed E-state index contributed by atoms with van der Waals surface area (Å²) < 4.78 is 0. The molecule has 90 valence electrons. The first-order valence-electron chi connectivity index (χ1n) is 5.12. The Hall–Kier alpha value is -1.89. The second-order valence-electron chi connectivity index (χ2n) is 3.64. The fourth-order valence-electron chi connectivity index (χ4n) is 1.49. The first-order chi connectivity index (χ1) is 8.61. The van der Waals surface area contributed by atoms with Gasteiger partial charge in [-0.2, -0.15) is 5.26 Å². The second-order valence-corrected chi connectivity index (χ2v) is 4.43. The summed E-state index contributed by atoms with van der Waals surface area (Å²) in [6.07, 6.45) is 0. The van der Waals surface area contributed by atoms with Crippen molar-refractivity contribution in [3.8, 4) is 6.07 Å². The van der Waals surface area contributed by atoms with Crippen LogP contribution in [0.1, 0.15) is 5.56 Å². The molecule has 18 heavy (non-hydrogen) atoms. The number of halogens is 2. The molecule has 2 aromatic carbocycles. The third kappa shape index (κ3) is 2.51. The Bertz CT molecular complexity index is 633. The van der Waals surface area contributed by atoms with Gasteiger partial charge in [0, 0.05) is 0 Å². The molecule has 0 radical (unpaired) electrons. The number of nitrogen functional groups attached to an aromatic ring is 1. The summed E-state index contributed by atoms with van der Waals surface area (Å²) in [7, 11) is 0. The maximum Gasteiger partial charge on any atom is 0.0992 e. The highest BCUT2D eigenvalue weighted by Gasteiger charge is 2.06. The van der Waals surface area contributed by atoms with Gasteiger partial charge in [0.25, 0.3) is 0 Å². The average molecular weight is 278 g/mol. The average Bonchev–Trinajstić information content (AvgIpc) is 2.37. The van der Waals surface area contributed by atoms with Crippen molar-refractivity contribution < 1.29 is 0 Å². The molecule has 0 fully saturated rings. The number of rotatable bonds is 2. The molecule has 0 bridgehead atoms. The van der Waals surface area contributed by atoms with Crippen LogP contribution < -0.4 is 11.1 Å². The number of anilines is 3. The molecule has 0 saturated heterocycles. The van der Waals surface area contributed by atoms with Crippen LogP contribution in [0, 0.1) is 11.3 Å².